The third-order valence-electron chi connectivity index (χ3n) is 7.74. The van der Waals surface area contributed by atoms with Crippen molar-refractivity contribution in [1.82, 2.24) is 19.9 Å². The second kappa shape index (κ2) is 7.97. The van der Waals surface area contributed by atoms with Crippen molar-refractivity contribution in [1.29, 1.82) is 0 Å². The van der Waals surface area contributed by atoms with Crippen LogP contribution < -0.4 is 4.74 Å². The fraction of sp³-hybridized carbons (Fsp3) is 0.667. The van der Waals surface area contributed by atoms with Crippen molar-refractivity contribution in [3.05, 3.63) is 41.0 Å². The number of hydrogen-bond acceptors (Lipinski definition) is 6. The van der Waals surface area contributed by atoms with Crippen molar-refractivity contribution < 1.29 is 9.26 Å². The number of hydrogen-bond donors (Lipinski definition) is 0. The molecule has 30 heavy (non-hydrogen) atoms. The van der Waals surface area contributed by atoms with E-state index in [-0.39, 0.29) is 0 Å². The molecule has 1 spiro atoms. The standard InChI is InChI=1S/C24H34N4O2/c1-17-13-18(7-8-21(17)29-3)15-28-11-9-24(10-12-28)14-20(27(2)16-24)22-25-23(30-26-22)19-5-4-6-19/h7-8,13,19-20H,4-6,9-12,14-16H2,1-3H3. The van der Waals surface area contributed by atoms with E-state index >= 15 is 0 Å². The Bertz CT molecular complexity index is 883. The van der Waals surface area contributed by atoms with Gasteiger partial charge in [-0.3, -0.25) is 9.80 Å². The van der Waals surface area contributed by atoms with Gasteiger partial charge in [0, 0.05) is 19.0 Å². The molecular formula is C24H34N4O2. The lowest BCUT2D eigenvalue weighted by atomic mass is 9.76. The Morgan fingerprint density at radius 1 is 1.23 bits per heavy atom. The highest BCUT2D eigenvalue weighted by Gasteiger charge is 2.46. The van der Waals surface area contributed by atoms with Gasteiger partial charge in [0.1, 0.15) is 5.75 Å². The molecule has 0 N–H and O–H groups in total. The summed E-state index contributed by atoms with van der Waals surface area (Å²) in [6.07, 6.45) is 7.35. The van der Waals surface area contributed by atoms with Crippen molar-refractivity contribution in [2.45, 2.75) is 64.0 Å². The topological polar surface area (TPSA) is 54.6 Å². The van der Waals surface area contributed by atoms with E-state index in [4.69, 9.17) is 14.2 Å². The third-order valence-corrected chi connectivity index (χ3v) is 7.74. The minimum atomic E-state index is 0.304. The van der Waals surface area contributed by atoms with E-state index < -0.39 is 0 Å². The fourth-order valence-corrected chi connectivity index (χ4v) is 5.61. The highest BCUT2D eigenvalue weighted by atomic mass is 16.5. The van der Waals surface area contributed by atoms with Crippen molar-refractivity contribution in [2.75, 3.05) is 33.8 Å². The average molecular weight is 411 g/mol. The predicted molar refractivity (Wildman–Crippen MR) is 116 cm³/mol. The van der Waals surface area contributed by atoms with Crippen molar-refractivity contribution in [2.24, 2.45) is 5.41 Å². The molecule has 6 heteroatoms. The maximum absolute atomic E-state index is 5.61. The molecule has 1 saturated carbocycles. The molecule has 5 rings (SSSR count). The summed E-state index contributed by atoms with van der Waals surface area (Å²) >= 11 is 0. The molecule has 3 aliphatic rings. The number of rotatable bonds is 5. The van der Waals surface area contributed by atoms with E-state index in [2.05, 4.69) is 47.1 Å². The van der Waals surface area contributed by atoms with E-state index in [1.165, 1.54) is 43.2 Å². The van der Waals surface area contributed by atoms with Crippen LogP contribution in [0.1, 0.15) is 73.3 Å². The molecule has 1 aromatic carbocycles. The molecule has 1 aliphatic carbocycles. The first-order valence-corrected chi connectivity index (χ1v) is 11.4. The fourth-order valence-electron chi connectivity index (χ4n) is 5.61. The second-order valence-electron chi connectivity index (χ2n) is 9.83. The highest BCUT2D eigenvalue weighted by Crippen LogP contribution is 2.48. The van der Waals surface area contributed by atoms with Crippen LogP contribution in [0.4, 0.5) is 0 Å². The number of piperidine rings is 1. The van der Waals surface area contributed by atoms with Gasteiger partial charge in [-0.05, 0) is 81.8 Å². The van der Waals surface area contributed by atoms with Crippen LogP contribution in [0, 0.1) is 12.3 Å². The number of nitrogens with zero attached hydrogens (tertiary/aromatic N) is 4. The van der Waals surface area contributed by atoms with Gasteiger partial charge in [-0.15, -0.1) is 0 Å². The number of ether oxygens (including phenoxy) is 1. The van der Waals surface area contributed by atoms with Crippen LogP contribution in [-0.2, 0) is 6.54 Å². The van der Waals surface area contributed by atoms with Gasteiger partial charge in [-0.2, -0.15) is 4.98 Å². The normalized spacial score (nSPS) is 25.0. The van der Waals surface area contributed by atoms with Crippen LogP contribution in [0.15, 0.2) is 22.7 Å². The Kier molecular flexibility index (Phi) is 5.31. The summed E-state index contributed by atoms with van der Waals surface area (Å²) in [6, 6.07) is 6.86. The van der Waals surface area contributed by atoms with Crippen LogP contribution in [0.5, 0.6) is 5.75 Å². The molecule has 3 fully saturated rings. The lowest BCUT2D eigenvalue weighted by Gasteiger charge is -2.39. The van der Waals surface area contributed by atoms with Crippen LogP contribution in [-0.4, -0.2) is 53.7 Å². The Morgan fingerprint density at radius 2 is 2.03 bits per heavy atom. The molecule has 2 saturated heterocycles. The van der Waals surface area contributed by atoms with Crippen LogP contribution in [0.2, 0.25) is 0 Å². The van der Waals surface area contributed by atoms with Gasteiger partial charge in [-0.1, -0.05) is 23.7 Å². The van der Waals surface area contributed by atoms with Crippen molar-refractivity contribution in [3.8, 4) is 5.75 Å². The lowest BCUT2D eigenvalue weighted by molar-refractivity contribution is 0.105. The first-order valence-electron chi connectivity index (χ1n) is 11.4. The Morgan fingerprint density at radius 3 is 2.70 bits per heavy atom. The van der Waals surface area contributed by atoms with Gasteiger partial charge in [0.25, 0.3) is 0 Å². The minimum absolute atomic E-state index is 0.304. The third kappa shape index (κ3) is 3.76. The molecule has 2 aliphatic heterocycles. The van der Waals surface area contributed by atoms with E-state index in [9.17, 15) is 0 Å². The summed E-state index contributed by atoms with van der Waals surface area (Å²) in [5.41, 5.74) is 2.98. The van der Waals surface area contributed by atoms with Crippen molar-refractivity contribution >= 4 is 0 Å². The van der Waals surface area contributed by atoms with Gasteiger partial charge < -0.3 is 9.26 Å². The van der Waals surface area contributed by atoms with E-state index in [1.807, 2.05) is 0 Å². The summed E-state index contributed by atoms with van der Waals surface area (Å²) in [7, 11) is 3.96. The van der Waals surface area contributed by atoms with Gasteiger partial charge in [0.2, 0.25) is 5.89 Å². The number of aryl methyl sites for hydroxylation is 1. The monoisotopic (exact) mass is 410 g/mol. The van der Waals surface area contributed by atoms with Gasteiger partial charge in [0.15, 0.2) is 5.82 Å². The van der Waals surface area contributed by atoms with Crippen molar-refractivity contribution in [3.63, 3.8) is 0 Å². The SMILES string of the molecule is COc1ccc(CN2CCC3(CC2)CC(c2noc(C4CCC4)n2)N(C)C3)cc1C. The Labute approximate surface area is 179 Å². The molecule has 1 atom stereocenters. The lowest BCUT2D eigenvalue weighted by Crippen LogP contribution is -2.40. The number of likely N-dealkylation sites (tertiary alicyclic amines) is 2. The highest BCUT2D eigenvalue weighted by molar-refractivity contribution is 5.36. The van der Waals surface area contributed by atoms with Crippen LogP contribution in [0.25, 0.3) is 0 Å². The smallest absolute Gasteiger partial charge is 0.229 e. The first kappa shape index (κ1) is 20.0. The number of methoxy groups -OCH3 is 1. The predicted octanol–water partition coefficient (Wildman–Crippen LogP) is 4.31. The summed E-state index contributed by atoms with van der Waals surface area (Å²) in [5, 5.41) is 4.37. The quantitative estimate of drug-likeness (QED) is 0.732. The first-order chi connectivity index (χ1) is 14.5. The van der Waals surface area contributed by atoms with E-state index in [0.717, 1.165) is 50.1 Å². The molecule has 0 radical (unpaired) electrons. The van der Waals surface area contributed by atoms with Crippen LogP contribution in [0.3, 0.4) is 0 Å². The molecule has 3 heterocycles. The Hall–Kier alpha value is -1.92. The van der Waals surface area contributed by atoms with Gasteiger partial charge in [-0.25, -0.2) is 0 Å². The summed E-state index contributed by atoms with van der Waals surface area (Å²) in [5.74, 6) is 3.26. The Balaban J connectivity index is 1.19. The zero-order valence-corrected chi connectivity index (χ0v) is 18.6. The molecule has 2 aromatic rings. The van der Waals surface area contributed by atoms with Gasteiger partial charge >= 0.3 is 0 Å². The summed E-state index contributed by atoms with van der Waals surface area (Å²) < 4.78 is 11.0. The number of benzene rings is 1. The minimum Gasteiger partial charge on any atom is -0.496 e. The summed E-state index contributed by atoms with van der Waals surface area (Å²) in [6.45, 7) is 6.60. The summed E-state index contributed by atoms with van der Waals surface area (Å²) in [4.78, 5) is 9.85. The molecule has 1 unspecified atom stereocenters. The molecular weight excluding hydrogens is 376 g/mol. The maximum Gasteiger partial charge on any atom is 0.229 e. The van der Waals surface area contributed by atoms with Gasteiger partial charge in [0.05, 0.1) is 13.2 Å². The molecule has 6 nitrogen and oxygen atoms in total. The van der Waals surface area contributed by atoms with Crippen LogP contribution >= 0.6 is 0 Å². The zero-order valence-electron chi connectivity index (χ0n) is 18.6. The second-order valence-corrected chi connectivity index (χ2v) is 9.83. The number of aromatic nitrogens is 2. The largest absolute Gasteiger partial charge is 0.496 e. The van der Waals surface area contributed by atoms with E-state index in [1.54, 1.807) is 7.11 Å². The molecule has 1 aromatic heterocycles. The molecule has 162 valence electrons. The molecule has 0 bridgehead atoms. The zero-order chi connectivity index (χ0) is 20.7. The molecule has 0 amide bonds. The van der Waals surface area contributed by atoms with E-state index in [0.29, 0.717) is 17.4 Å². The average Bonchev–Trinajstić information content (AvgIpc) is 3.28. The maximum atomic E-state index is 5.61.